The van der Waals surface area contributed by atoms with Crippen molar-refractivity contribution in [3.8, 4) is 0 Å². The van der Waals surface area contributed by atoms with Crippen LogP contribution in [0.5, 0.6) is 0 Å². The fourth-order valence-corrected chi connectivity index (χ4v) is 2.47. The number of rotatable bonds is 3. The van der Waals surface area contributed by atoms with Gasteiger partial charge < -0.3 is 5.32 Å². The molecule has 1 amide bonds. The van der Waals surface area contributed by atoms with E-state index >= 15 is 0 Å². The van der Waals surface area contributed by atoms with Crippen LogP contribution in [-0.4, -0.2) is 28.9 Å². The fourth-order valence-electron chi connectivity index (χ4n) is 2.47. The first-order valence-corrected chi connectivity index (χ1v) is 7.08. The SMILES string of the molecule is CC1(C)CNC(=O)C(C(=O)c2ccc(C(F)(F)F)cc2[N+](=O)[O-])C1=O. The molecule has 1 saturated heterocycles. The van der Waals surface area contributed by atoms with Gasteiger partial charge in [0.05, 0.1) is 16.1 Å². The van der Waals surface area contributed by atoms with Gasteiger partial charge in [-0.25, -0.2) is 0 Å². The summed E-state index contributed by atoms with van der Waals surface area (Å²) in [6.07, 6.45) is -4.84. The summed E-state index contributed by atoms with van der Waals surface area (Å²) in [6.45, 7) is 2.95. The smallest absolute Gasteiger partial charge is 0.354 e. The van der Waals surface area contributed by atoms with Crippen molar-refractivity contribution < 1.29 is 32.5 Å². The maximum Gasteiger partial charge on any atom is 0.416 e. The highest BCUT2D eigenvalue weighted by Gasteiger charge is 2.47. The molecule has 1 aliphatic heterocycles. The summed E-state index contributed by atoms with van der Waals surface area (Å²) in [5, 5.41) is 13.4. The molecule has 1 atom stereocenters. The lowest BCUT2D eigenvalue weighted by Crippen LogP contribution is -2.55. The molecule has 1 aromatic rings. The molecule has 0 aromatic heterocycles. The van der Waals surface area contributed by atoms with Gasteiger partial charge in [0.25, 0.3) is 5.69 Å². The lowest BCUT2D eigenvalue weighted by atomic mass is 9.75. The van der Waals surface area contributed by atoms with Gasteiger partial charge in [0.15, 0.2) is 17.5 Å². The van der Waals surface area contributed by atoms with Crippen LogP contribution in [0.15, 0.2) is 18.2 Å². The molecule has 1 aliphatic rings. The first-order valence-electron chi connectivity index (χ1n) is 7.08. The molecule has 0 radical (unpaired) electrons. The Bertz CT molecular complexity index is 786. The molecule has 2 rings (SSSR count). The molecule has 1 aromatic carbocycles. The second-order valence-electron chi connectivity index (χ2n) is 6.25. The van der Waals surface area contributed by atoms with E-state index in [1.165, 1.54) is 13.8 Å². The highest BCUT2D eigenvalue weighted by atomic mass is 19.4. The van der Waals surface area contributed by atoms with Crippen molar-refractivity contribution in [3.63, 3.8) is 0 Å². The van der Waals surface area contributed by atoms with Crippen LogP contribution in [0.4, 0.5) is 18.9 Å². The molecular formula is C15H13F3N2O5. The monoisotopic (exact) mass is 358 g/mol. The number of Topliss-reactive ketones (excluding diaryl/α,β-unsaturated/α-hetero) is 2. The van der Waals surface area contributed by atoms with Crippen LogP contribution < -0.4 is 5.32 Å². The van der Waals surface area contributed by atoms with Crippen molar-refractivity contribution in [1.29, 1.82) is 0 Å². The Morgan fingerprint density at radius 2 is 1.92 bits per heavy atom. The zero-order chi connectivity index (χ0) is 19.2. The van der Waals surface area contributed by atoms with E-state index < -0.39 is 56.7 Å². The summed E-state index contributed by atoms with van der Waals surface area (Å²) in [5.41, 5.74) is -4.21. The number of piperidine rings is 1. The van der Waals surface area contributed by atoms with E-state index in [1.807, 2.05) is 0 Å². The summed E-state index contributed by atoms with van der Waals surface area (Å²) in [4.78, 5) is 46.7. The Kier molecular flexibility index (Phi) is 4.41. The Hall–Kier alpha value is -2.78. The van der Waals surface area contributed by atoms with Crippen LogP contribution >= 0.6 is 0 Å². The molecule has 134 valence electrons. The summed E-state index contributed by atoms with van der Waals surface area (Å²) in [6, 6.07) is 1.33. The first kappa shape index (κ1) is 18.6. The number of nitro benzene ring substituents is 1. The Morgan fingerprint density at radius 1 is 1.32 bits per heavy atom. The van der Waals surface area contributed by atoms with Crippen LogP contribution in [0.2, 0.25) is 0 Å². The average molecular weight is 358 g/mol. The number of halogens is 3. The molecule has 0 bridgehead atoms. The van der Waals surface area contributed by atoms with E-state index in [2.05, 4.69) is 5.32 Å². The van der Waals surface area contributed by atoms with Crippen LogP contribution in [-0.2, 0) is 15.8 Å². The van der Waals surface area contributed by atoms with E-state index in [0.717, 1.165) is 0 Å². The molecule has 1 fully saturated rings. The number of alkyl halides is 3. The van der Waals surface area contributed by atoms with Crippen LogP contribution in [0.25, 0.3) is 0 Å². The number of nitrogens with one attached hydrogen (secondary N) is 1. The van der Waals surface area contributed by atoms with Gasteiger partial charge in [0.1, 0.15) is 0 Å². The van der Waals surface area contributed by atoms with E-state index in [1.54, 1.807) is 0 Å². The topological polar surface area (TPSA) is 106 Å². The Labute approximate surface area is 139 Å². The molecular weight excluding hydrogens is 345 g/mol. The molecule has 1 heterocycles. The van der Waals surface area contributed by atoms with E-state index in [9.17, 15) is 37.7 Å². The normalized spacial score (nSPS) is 20.1. The number of carbonyl (C=O) groups is 3. The second kappa shape index (κ2) is 5.94. The molecule has 1 unspecified atom stereocenters. The molecule has 0 saturated carbocycles. The standard InChI is InChI=1S/C15H13F3N2O5/c1-14(2)6-19-13(23)10(12(14)22)11(21)8-4-3-7(15(16,17)18)5-9(8)20(24)25/h3-5,10H,6H2,1-2H3,(H,19,23). The zero-order valence-corrected chi connectivity index (χ0v) is 13.1. The third-order valence-corrected chi connectivity index (χ3v) is 3.95. The maximum atomic E-state index is 12.7. The first-order chi connectivity index (χ1) is 11.4. The molecule has 10 heteroatoms. The number of nitro groups is 1. The molecule has 7 nitrogen and oxygen atoms in total. The van der Waals surface area contributed by atoms with Gasteiger partial charge >= 0.3 is 6.18 Å². The lowest BCUT2D eigenvalue weighted by molar-refractivity contribution is -0.385. The van der Waals surface area contributed by atoms with Gasteiger partial charge in [-0.15, -0.1) is 0 Å². The van der Waals surface area contributed by atoms with Gasteiger partial charge in [-0.1, -0.05) is 13.8 Å². The number of nitrogens with zero attached hydrogens (tertiary/aromatic N) is 1. The Balaban J connectivity index is 2.53. The minimum absolute atomic E-state index is 0.0104. The molecule has 25 heavy (non-hydrogen) atoms. The summed E-state index contributed by atoms with van der Waals surface area (Å²) >= 11 is 0. The largest absolute Gasteiger partial charge is 0.416 e. The van der Waals surface area contributed by atoms with Crippen molar-refractivity contribution in [2.75, 3.05) is 6.54 Å². The highest BCUT2D eigenvalue weighted by Crippen LogP contribution is 2.35. The quantitative estimate of drug-likeness (QED) is 0.386. The highest BCUT2D eigenvalue weighted by molar-refractivity contribution is 6.26. The van der Waals surface area contributed by atoms with Gasteiger partial charge in [-0.05, 0) is 12.1 Å². The number of ketones is 2. The van der Waals surface area contributed by atoms with Crippen molar-refractivity contribution in [2.45, 2.75) is 20.0 Å². The van der Waals surface area contributed by atoms with E-state index in [4.69, 9.17) is 0 Å². The number of hydrogen-bond acceptors (Lipinski definition) is 5. The predicted octanol–water partition coefficient (Wildman–Crippen LogP) is 2.14. The number of benzene rings is 1. The summed E-state index contributed by atoms with van der Waals surface area (Å²) in [5.74, 6) is -4.70. The van der Waals surface area contributed by atoms with Crippen molar-refractivity contribution in [3.05, 3.63) is 39.4 Å². The molecule has 0 spiro atoms. The molecule has 1 N–H and O–H groups in total. The van der Waals surface area contributed by atoms with Crippen LogP contribution in [0.1, 0.15) is 29.8 Å². The third-order valence-electron chi connectivity index (χ3n) is 3.95. The molecule has 0 aliphatic carbocycles. The minimum Gasteiger partial charge on any atom is -0.354 e. The summed E-state index contributed by atoms with van der Waals surface area (Å²) < 4.78 is 38.2. The number of hydrogen-bond donors (Lipinski definition) is 1. The third kappa shape index (κ3) is 3.37. The van der Waals surface area contributed by atoms with Gasteiger partial charge in [0.2, 0.25) is 5.91 Å². The van der Waals surface area contributed by atoms with Gasteiger partial charge in [0, 0.05) is 18.0 Å². The summed E-state index contributed by atoms with van der Waals surface area (Å²) in [7, 11) is 0. The number of amides is 1. The predicted molar refractivity (Wildman–Crippen MR) is 77.7 cm³/mol. The second-order valence-corrected chi connectivity index (χ2v) is 6.25. The number of carbonyl (C=O) groups excluding carboxylic acids is 3. The van der Waals surface area contributed by atoms with Gasteiger partial charge in [-0.2, -0.15) is 13.2 Å². The van der Waals surface area contributed by atoms with E-state index in [-0.39, 0.29) is 12.6 Å². The van der Waals surface area contributed by atoms with E-state index in [0.29, 0.717) is 12.1 Å². The zero-order valence-electron chi connectivity index (χ0n) is 13.1. The minimum atomic E-state index is -4.84. The fraction of sp³-hybridized carbons (Fsp3) is 0.400. The van der Waals surface area contributed by atoms with Crippen molar-refractivity contribution in [1.82, 2.24) is 5.32 Å². The average Bonchev–Trinajstić information content (AvgIpc) is 2.50. The van der Waals surface area contributed by atoms with Gasteiger partial charge in [-0.3, -0.25) is 24.5 Å². The Morgan fingerprint density at radius 3 is 2.44 bits per heavy atom. The van der Waals surface area contributed by atoms with Crippen molar-refractivity contribution >= 4 is 23.2 Å². The van der Waals surface area contributed by atoms with Crippen LogP contribution in [0.3, 0.4) is 0 Å². The maximum absolute atomic E-state index is 12.7. The lowest BCUT2D eigenvalue weighted by Gasteiger charge is -2.32. The van der Waals surface area contributed by atoms with Crippen molar-refractivity contribution in [2.24, 2.45) is 11.3 Å². The van der Waals surface area contributed by atoms with Crippen LogP contribution in [0, 0.1) is 21.4 Å².